The molecule has 0 aliphatic heterocycles. The summed E-state index contributed by atoms with van der Waals surface area (Å²) in [5.41, 5.74) is 1.29. The van der Waals surface area contributed by atoms with E-state index >= 15 is 0 Å². The smallest absolute Gasteiger partial charge is 0.0619 e. The van der Waals surface area contributed by atoms with Gasteiger partial charge in [-0.3, -0.25) is 4.98 Å². The molecule has 1 aromatic rings. The summed E-state index contributed by atoms with van der Waals surface area (Å²) in [4.78, 5) is 4.11. The Bertz CT molecular complexity index is 264. The van der Waals surface area contributed by atoms with E-state index in [1.54, 1.807) is 0 Å². The molecule has 0 bridgehead atoms. The Morgan fingerprint density at radius 2 is 2.38 bits per heavy atom. The monoisotopic (exact) mass is 222 g/mol. The fourth-order valence-corrected chi connectivity index (χ4v) is 1.57. The van der Waals surface area contributed by atoms with Crippen molar-refractivity contribution in [2.75, 3.05) is 20.3 Å². The van der Waals surface area contributed by atoms with Gasteiger partial charge in [-0.05, 0) is 37.9 Å². The van der Waals surface area contributed by atoms with Crippen molar-refractivity contribution in [3.05, 3.63) is 30.1 Å². The number of hydrogen-bond acceptors (Lipinski definition) is 3. The Morgan fingerprint density at radius 3 is 3.00 bits per heavy atom. The highest BCUT2D eigenvalue weighted by Gasteiger charge is 2.06. The number of nitrogens with one attached hydrogen (secondary N) is 1. The van der Waals surface area contributed by atoms with Crippen LogP contribution in [0.1, 0.15) is 25.3 Å². The highest BCUT2D eigenvalue weighted by atomic mass is 16.5. The molecule has 0 spiro atoms. The summed E-state index contributed by atoms with van der Waals surface area (Å²) in [6.07, 6.45) is 6.96. The number of ether oxygens (including phenoxy) is 1. The standard InChI is InChI=1S/C13H22N2O/c1-3-9-16-11-13(14-2)7-6-12-5-4-8-15-10-12/h4-5,8,10,13-14H,3,6-7,9,11H2,1-2H3. The van der Waals surface area contributed by atoms with Gasteiger partial charge in [0.2, 0.25) is 0 Å². The van der Waals surface area contributed by atoms with Crippen molar-refractivity contribution in [1.82, 2.24) is 10.3 Å². The Balaban J connectivity index is 2.23. The lowest BCUT2D eigenvalue weighted by Crippen LogP contribution is -2.31. The highest BCUT2D eigenvalue weighted by molar-refractivity contribution is 5.08. The first kappa shape index (κ1) is 13.1. The molecule has 0 saturated carbocycles. The summed E-state index contributed by atoms with van der Waals surface area (Å²) in [6.45, 7) is 3.78. The minimum absolute atomic E-state index is 0.437. The van der Waals surface area contributed by atoms with E-state index in [4.69, 9.17) is 4.74 Å². The van der Waals surface area contributed by atoms with E-state index < -0.39 is 0 Å². The first-order valence-corrected chi connectivity index (χ1v) is 6.00. The molecular formula is C13H22N2O. The molecule has 3 nitrogen and oxygen atoms in total. The van der Waals surface area contributed by atoms with E-state index in [0.717, 1.165) is 32.5 Å². The van der Waals surface area contributed by atoms with Crippen LogP contribution >= 0.6 is 0 Å². The fraction of sp³-hybridized carbons (Fsp3) is 0.615. The van der Waals surface area contributed by atoms with Gasteiger partial charge in [-0.15, -0.1) is 0 Å². The van der Waals surface area contributed by atoms with Gasteiger partial charge in [-0.2, -0.15) is 0 Å². The number of likely N-dealkylation sites (N-methyl/N-ethyl adjacent to an activating group) is 1. The maximum Gasteiger partial charge on any atom is 0.0619 e. The molecule has 1 heterocycles. The van der Waals surface area contributed by atoms with Crippen LogP contribution < -0.4 is 5.32 Å². The van der Waals surface area contributed by atoms with Gasteiger partial charge in [0.1, 0.15) is 0 Å². The van der Waals surface area contributed by atoms with Gasteiger partial charge in [-0.1, -0.05) is 13.0 Å². The van der Waals surface area contributed by atoms with Gasteiger partial charge < -0.3 is 10.1 Å². The van der Waals surface area contributed by atoms with Crippen molar-refractivity contribution in [3.8, 4) is 0 Å². The number of pyridine rings is 1. The largest absolute Gasteiger partial charge is 0.380 e. The summed E-state index contributed by atoms with van der Waals surface area (Å²) in [6, 6.07) is 4.54. The molecule has 16 heavy (non-hydrogen) atoms. The van der Waals surface area contributed by atoms with E-state index in [-0.39, 0.29) is 0 Å². The molecule has 0 saturated heterocycles. The van der Waals surface area contributed by atoms with Crippen molar-refractivity contribution in [1.29, 1.82) is 0 Å². The minimum Gasteiger partial charge on any atom is -0.380 e. The van der Waals surface area contributed by atoms with Crippen LogP contribution in [0.15, 0.2) is 24.5 Å². The van der Waals surface area contributed by atoms with Crippen LogP contribution in [-0.4, -0.2) is 31.3 Å². The van der Waals surface area contributed by atoms with Crippen LogP contribution in [0.2, 0.25) is 0 Å². The van der Waals surface area contributed by atoms with Gasteiger partial charge >= 0.3 is 0 Å². The van der Waals surface area contributed by atoms with Crippen LogP contribution in [0.4, 0.5) is 0 Å². The number of aryl methyl sites for hydroxylation is 1. The first-order chi connectivity index (χ1) is 7.86. The quantitative estimate of drug-likeness (QED) is 0.683. The number of hydrogen-bond donors (Lipinski definition) is 1. The predicted octanol–water partition coefficient (Wildman–Crippen LogP) is 2.03. The molecule has 0 aliphatic carbocycles. The second kappa shape index (κ2) is 8.25. The topological polar surface area (TPSA) is 34.1 Å². The minimum atomic E-state index is 0.437. The SMILES string of the molecule is CCCOCC(CCc1cccnc1)NC. The number of rotatable bonds is 8. The molecule has 1 aromatic heterocycles. The van der Waals surface area contributed by atoms with E-state index in [0.29, 0.717) is 6.04 Å². The zero-order chi connectivity index (χ0) is 11.6. The molecule has 0 fully saturated rings. The zero-order valence-electron chi connectivity index (χ0n) is 10.3. The summed E-state index contributed by atoms with van der Waals surface area (Å²) >= 11 is 0. The lowest BCUT2D eigenvalue weighted by molar-refractivity contribution is 0.111. The molecule has 0 aromatic carbocycles. The molecule has 0 aliphatic rings. The third-order valence-electron chi connectivity index (χ3n) is 2.58. The maximum absolute atomic E-state index is 5.55. The molecule has 1 rings (SSSR count). The molecule has 1 N–H and O–H groups in total. The second-order valence-electron chi connectivity index (χ2n) is 3.96. The van der Waals surface area contributed by atoms with Gasteiger partial charge in [0, 0.05) is 25.0 Å². The van der Waals surface area contributed by atoms with Gasteiger partial charge in [-0.25, -0.2) is 0 Å². The van der Waals surface area contributed by atoms with Crippen LogP contribution in [0.3, 0.4) is 0 Å². The van der Waals surface area contributed by atoms with Crippen molar-refractivity contribution in [2.45, 2.75) is 32.2 Å². The Morgan fingerprint density at radius 1 is 1.50 bits per heavy atom. The Hall–Kier alpha value is -0.930. The molecule has 3 heteroatoms. The number of nitrogens with zero attached hydrogens (tertiary/aromatic N) is 1. The van der Waals surface area contributed by atoms with E-state index in [1.165, 1.54) is 5.56 Å². The highest BCUT2D eigenvalue weighted by Crippen LogP contribution is 2.04. The van der Waals surface area contributed by atoms with Crippen LogP contribution in [0.5, 0.6) is 0 Å². The summed E-state index contributed by atoms with van der Waals surface area (Å²) in [5.74, 6) is 0. The maximum atomic E-state index is 5.55. The van der Waals surface area contributed by atoms with Crippen LogP contribution in [0, 0.1) is 0 Å². The Kier molecular flexibility index (Phi) is 6.77. The third-order valence-corrected chi connectivity index (χ3v) is 2.58. The molecule has 90 valence electrons. The fourth-order valence-electron chi connectivity index (χ4n) is 1.57. The summed E-state index contributed by atoms with van der Waals surface area (Å²) in [5, 5.41) is 3.29. The molecule has 1 unspecified atom stereocenters. The van der Waals surface area contributed by atoms with Crippen molar-refractivity contribution >= 4 is 0 Å². The molecular weight excluding hydrogens is 200 g/mol. The molecule has 1 atom stereocenters. The van der Waals surface area contributed by atoms with Crippen LogP contribution in [0.25, 0.3) is 0 Å². The van der Waals surface area contributed by atoms with Gasteiger partial charge in [0.25, 0.3) is 0 Å². The third kappa shape index (κ3) is 5.24. The Labute approximate surface area is 98.2 Å². The number of aromatic nitrogens is 1. The van der Waals surface area contributed by atoms with E-state index in [2.05, 4.69) is 23.3 Å². The lowest BCUT2D eigenvalue weighted by atomic mass is 10.1. The van der Waals surface area contributed by atoms with E-state index in [1.807, 2.05) is 25.5 Å². The molecule has 0 radical (unpaired) electrons. The average Bonchev–Trinajstić information content (AvgIpc) is 2.35. The van der Waals surface area contributed by atoms with E-state index in [9.17, 15) is 0 Å². The predicted molar refractivity (Wildman–Crippen MR) is 66.5 cm³/mol. The first-order valence-electron chi connectivity index (χ1n) is 6.00. The average molecular weight is 222 g/mol. The van der Waals surface area contributed by atoms with Crippen molar-refractivity contribution < 1.29 is 4.74 Å². The van der Waals surface area contributed by atoms with Crippen molar-refractivity contribution in [2.24, 2.45) is 0 Å². The van der Waals surface area contributed by atoms with Gasteiger partial charge in [0.15, 0.2) is 0 Å². The van der Waals surface area contributed by atoms with Gasteiger partial charge in [0.05, 0.1) is 6.61 Å². The normalized spacial score (nSPS) is 12.6. The van der Waals surface area contributed by atoms with Crippen molar-refractivity contribution in [3.63, 3.8) is 0 Å². The zero-order valence-corrected chi connectivity index (χ0v) is 10.3. The summed E-state index contributed by atoms with van der Waals surface area (Å²) < 4.78 is 5.55. The van der Waals surface area contributed by atoms with Crippen LogP contribution in [-0.2, 0) is 11.2 Å². The second-order valence-corrected chi connectivity index (χ2v) is 3.96. The summed E-state index contributed by atoms with van der Waals surface area (Å²) in [7, 11) is 1.99. The lowest BCUT2D eigenvalue weighted by Gasteiger charge is -2.15. The molecule has 0 amide bonds.